The number of nitrogens with zero attached hydrogens (tertiary/aromatic N) is 7. The monoisotopic (exact) mass is 696 g/mol. The molecule has 1 saturated heterocycles. The minimum absolute atomic E-state index is 0.0122. The van der Waals surface area contributed by atoms with Crippen molar-refractivity contribution in [3.8, 4) is 0 Å². The van der Waals surface area contributed by atoms with E-state index in [4.69, 9.17) is 22.0 Å². The Hall–Kier alpha value is -4.80. The van der Waals surface area contributed by atoms with E-state index in [2.05, 4.69) is 19.8 Å². The summed E-state index contributed by atoms with van der Waals surface area (Å²) >= 11 is 1.93. The average Bonchev–Trinajstić information content (AvgIpc) is 3.58. The molecule has 22 heteroatoms. The van der Waals surface area contributed by atoms with Crippen LogP contribution in [0.3, 0.4) is 0 Å². The molecule has 0 radical (unpaired) electrons. The van der Waals surface area contributed by atoms with E-state index in [0.29, 0.717) is 30.6 Å². The summed E-state index contributed by atoms with van der Waals surface area (Å²) in [4.78, 5) is 73.8. The van der Waals surface area contributed by atoms with Crippen molar-refractivity contribution >= 4 is 75.8 Å². The van der Waals surface area contributed by atoms with Crippen molar-refractivity contribution in [2.45, 2.75) is 50.4 Å². The summed E-state index contributed by atoms with van der Waals surface area (Å²) in [5, 5.41) is 34.5. The van der Waals surface area contributed by atoms with Gasteiger partial charge in [0.25, 0.3) is 11.8 Å². The SMILES string of the molecule is CC(C)(O/N=C(/C(=O)N[C@@H]1C(=O)N2C(C(=O)O)=C(C[n+]3cc(N(C=O)CCCN)c(N)n3CCO)CS[C@H]12)c1nsc(N)n1)C(=O)O. The minimum atomic E-state index is -1.83. The first-order chi connectivity index (χ1) is 22.2. The van der Waals surface area contributed by atoms with Gasteiger partial charge in [-0.3, -0.25) is 19.3 Å². The van der Waals surface area contributed by atoms with Crippen molar-refractivity contribution in [1.82, 2.24) is 24.3 Å². The standard InChI is InChI=1S/C25H33N11O9S2/c1-25(2,23(43)44)45-31-14(18-30-24(28)47-32-18)19(39)29-15-20(40)36-16(22(41)42)12(10-46-21(15)36)8-34-9-13(17(27)35(34)6-7-37)33(11-38)5-3-4-26/h9,11,15,21,27,37H,3-8,10,26H2,1-2H3,(H5,28,29,30,32,39,41,42,43,44)/p+1/b31-14+/t15-,21-/m1/s1. The Morgan fingerprint density at radius 1 is 1.32 bits per heavy atom. The number of oxime groups is 1. The molecule has 0 unspecified atom stereocenters. The molecule has 4 rings (SSSR count). The van der Waals surface area contributed by atoms with Crippen LogP contribution >= 0.6 is 23.3 Å². The van der Waals surface area contributed by atoms with Gasteiger partial charge in [-0.25, -0.2) is 9.59 Å². The molecule has 2 aliphatic heterocycles. The number of rotatable bonds is 16. The largest absolute Gasteiger partial charge is 0.478 e. The van der Waals surface area contributed by atoms with Crippen LogP contribution in [-0.2, 0) is 41.9 Å². The van der Waals surface area contributed by atoms with Crippen molar-refractivity contribution in [3.63, 3.8) is 0 Å². The lowest BCUT2D eigenvalue weighted by Crippen LogP contribution is -2.71. The smallest absolute Gasteiger partial charge is 0.352 e. The Kier molecular flexibility index (Phi) is 10.7. The molecule has 0 spiro atoms. The maximum absolute atomic E-state index is 13.4. The number of nitrogens with one attached hydrogen (secondary N) is 1. The van der Waals surface area contributed by atoms with Crippen LogP contribution in [0.15, 0.2) is 22.6 Å². The second kappa shape index (κ2) is 14.3. The number of carbonyl (C=O) groups excluding carboxylic acids is 3. The van der Waals surface area contributed by atoms with E-state index in [9.17, 15) is 39.3 Å². The molecular formula is C25H34N11O9S2+. The Morgan fingerprint density at radius 3 is 2.62 bits per heavy atom. The molecule has 0 bridgehead atoms. The Morgan fingerprint density at radius 2 is 2.04 bits per heavy atom. The van der Waals surface area contributed by atoms with Gasteiger partial charge in [0, 0.05) is 29.4 Å². The number of aliphatic carboxylic acids is 2. The zero-order chi connectivity index (χ0) is 34.6. The topological polar surface area (TPSA) is 299 Å². The summed E-state index contributed by atoms with van der Waals surface area (Å²) in [5.41, 5.74) is 15.5. The Balaban J connectivity index is 1.60. The third-order valence-corrected chi connectivity index (χ3v) is 8.99. The first-order valence-corrected chi connectivity index (χ1v) is 15.8. The molecule has 254 valence electrons. The number of carboxylic acid groups (broad SMARTS) is 2. The molecule has 0 aromatic carbocycles. The maximum Gasteiger partial charge on any atom is 0.352 e. The first-order valence-electron chi connectivity index (χ1n) is 14.0. The molecule has 2 aromatic heterocycles. The number of hydrogen-bond donors (Lipinski definition) is 7. The molecule has 0 saturated carbocycles. The fraction of sp³-hybridized carbons (Fsp3) is 0.480. The number of nitrogen functional groups attached to an aromatic ring is 2. The van der Waals surface area contributed by atoms with Crippen molar-refractivity contribution in [2.75, 3.05) is 41.8 Å². The Bertz CT molecular complexity index is 1640. The molecule has 10 N–H and O–H groups in total. The van der Waals surface area contributed by atoms with E-state index in [1.165, 1.54) is 35.2 Å². The molecule has 3 amide bonds. The van der Waals surface area contributed by atoms with Gasteiger partial charge in [0.05, 0.1) is 6.61 Å². The number of amides is 3. The summed E-state index contributed by atoms with van der Waals surface area (Å²) in [6, 6.07) is -1.19. The number of aromatic nitrogens is 4. The quantitative estimate of drug-likeness (QED) is 0.0305. The lowest BCUT2D eigenvalue weighted by atomic mass is 10.0. The first kappa shape index (κ1) is 35.1. The molecule has 20 nitrogen and oxygen atoms in total. The number of fused-ring (bicyclic) bond motifs is 1. The molecule has 47 heavy (non-hydrogen) atoms. The van der Waals surface area contributed by atoms with Crippen LogP contribution in [0.2, 0.25) is 0 Å². The lowest BCUT2D eigenvalue weighted by Gasteiger charge is -2.49. The second-order valence-electron chi connectivity index (χ2n) is 10.7. The highest BCUT2D eigenvalue weighted by Crippen LogP contribution is 2.40. The van der Waals surface area contributed by atoms with Gasteiger partial charge < -0.3 is 47.6 Å². The molecule has 2 aliphatic rings. The van der Waals surface area contributed by atoms with Gasteiger partial charge in [0.15, 0.2) is 23.2 Å². The normalized spacial score (nSPS) is 18.0. The third-order valence-electron chi connectivity index (χ3n) is 7.11. The van der Waals surface area contributed by atoms with Gasteiger partial charge in [-0.05, 0) is 26.8 Å². The highest BCUT2D eigenvalue weighted by Gasteiger charge is 2.55. The number of anilines is 3. The van der Waals surface area contributed by atoms with Crippen LogP contribution < -0.4 is 32.1 Å². The molecule has 2 atom stereocenters. The van der Waals surface area contributed by atoms with Crippen LogP contribution in [0.25, 0.3) is 0 Å². The van der Waals surface area contributed by atoms with Gasteiger partial charge in [0.1, 0.15) is 23.7 Å². The number of carboxylic acids is 2. The summed E-state index contributed by atoms with van der Waals surface area (Å²) in [6.45, 7) is 2.70. The van der Waals surface area contributed by atoms with E-state index in [1.807, 2.05) is 0 Å². The Labute approximate surface area is 274 Å². The molecule has 2 aromatic rings. The van der Waals surface area contributed by atoms with E-state index in [-0.39, 0.29) is 54.5 Å². The van der Waals surface area contributed by atoms with Gasteiger partial charge in [-0.15, -0.1) is 21.1 Å². The predicted octanol–water partition coefficient (Wildman–Crippen LogP) is -2.88. The van der Waals surface area contributed by atoms with E-state index < -0.39 is 46.5 Å². The third kappa shape index (κ3) is 7.13. The summed E-state index contributed by atoms with van der Waals surface area (Å²) in [7, 11) is 0. The van der Waals surface area contributed by atoms with Gasteiger partial charge >= 0.3 is 11.9 Å². The number of aliphatic hydroxyl groups is 1. The summed E-state index contributed by atoms with van der Waals surface area (Å²) in [5.74, 6) is -4.45. The number of thioether (sulfide) groups is 1. The van der Waals surface area contributed by atoms with Gasteiger partial charge in [-0.2, -0.15) is 9.36 Å². The van der Waals surface area contributed by atoms with Crippen LogP contribution in [0, 0.1) is 0 Å². The van der Waals surface area contributed by atoms with Crippen LogP contribution in [0.5, 0.6) is 0 Å². The zero-order valence-corrected chi connectivity index (χ0v) is 26.9. The summed E-state index contributed by atoms with van der Waals surface area (Å²) < 4.78 is 6.97. The van der Waals surface area contributed by atoms with Gasteiger partial charge in [0.2, 0.25) is 29.7 Å². The van der Waals surface area contributed by atoms with Crippen LogP contribution in [0.1, 0.15) is 26.1 Å². The van der Waals surface area contributed by atoms with E-state index in [1.54, 1.807) is 10.9 Å². The highest BCUT2D eigenvalue weighted by molar-refractivity contribution is 8.00. The van der Waals surface area contributed by atoms with Crippen molar-refractivity contribution < 1.29 is 48.8 Å². The minimum Gasteiger partial charge on any atom is -0.478 e. The molecule has 1 fully saturated rings. The van der Waals surface area contributed by atoms with Crippen LogP contribution in [0.4, 0.5) is 16.6 Å². The summed E-state index contributed by atoms with van der Waals surface area (Å²) in [6.07, 6.45) is 2.65. The number of carbonyl (C=O) groups is 5. The average molecular weight is 697 g/mol. The van der Waals surface area contributed by atoms with Crippen molar-refractivity contribution in [1.29, 1.82) is 0 Å². The van der Waals surface area contributed by atoms with Crippen molar-refractivity contribution in [2.24, 2.45) is 10.9 Å². The predicted molar refractivity (Wildman–Crippen MR) is 167 cm³/mol. The fourth-order valence-electron chi connectivity index (χ4n) is 4.66. The van der Waals surface area contributed by atoms with E-state index >= 15 is 0 Å². The number of β-lactam (4-membered cyclic amide) rings is 1. The molecule has 4 heterocycles. The van der Waals surface area contributed by atoms with Gasteiger partial charge in [-0.1, -0.05) is 5.16 Å². The van der Waals surface area contributed by atoms with E-state index in [0.717, 1.165) is 16.4 Å². The molecule has 0 aliphatic carbocycles. The number of nitrogens with two attached hydrogens (primary N) is 3. The number of hydrogen-bond acceptors (Lipinski definition) is 15. The zero-order valence-electron chi connectivity index (χ0n) is 25.2. The lowest BCUT2D eigenvalue weighted by molar-refractivity contribution is -0.767. The second-order valence-corrected chi connectivity index (χ2v) is 12.6. The highest BCUT2D eigenvalue weighted by atomic mass is 32.2. The van der Waals surface area contributed by atoms with Crippen molar-refractivity contribution in [3.05, 3.63) is 23.3 Å². The maximum atomic E-state index is 13.4. The van der Waals surface area contributed by atoms with Crippen LogP contribution in [-0.4, -0.2) is 113 Å². The molecular weight excluding hydrogens is 662 g/mol. The number of aliphatic hydroxyl groups excluding tert-OH is 1. The fourth-order valence-corrected chi connectivity index (χ4v) is 6.43.